The van der Waals surface area contributed by atoms with Gasteiger partial charge in [0.15, 0.2) is 0 Å². The van der Waals surface area contributed by atoms with Crippen molar-refractivity contribution in [3.05, 3.63) is 72.3 Å². The molecule has 0 saturated carbocycles. The minimum Gasteiger partial charge on any atom is -0.497 e. The lowest BCUT2D eigenvalue weighted by atomic mass is 10.0. The summed E-state index contributed by atoms with van der Waals surface area (Å²) in [5, 5.41) is 12.8. The number of benzene rings is 3. The van der Waals surface area contributed by atoms with Crippen LogP contribution in [-0.2, 0) is 10.0 Å². The van der Waals surface area contributed by atoms with Gasteiger partial charge in [-0.3, -0.25) is 4.79 Å². The van der Waals surface area contributed by atoms with Crippen LogP contribution < -0.4 is 14.8 Å². The van der Waals surface area contributed by atoms with E-state index >= 15 is 0 Å². The standard InChI is InChI=1S/C32H40N4O7S/c1-21-18-36(22(2)20-37)44(40,41)30-14-13-24(23-9-7-10-25(15-23)31(38)34(3)4)16-28(30)43-29(21)19-35(5)32(39)33-26-11-8-12-27(17-26)42-6/h7-17,21-22,29,37H,18-20H2,1-6H3,(H,33,39)/t21-,22-,29+/m0/s1. The highest BCUT2D eigenvalue weighted by Gasteiger charge is 2.38. The van der Waals surface area contributed by atoms with E-state index in [2.05, 4.69) is 5.32 Å². The highest BCUT2D eigenvalue weighted by Crippen LogP contribution is 2.37. The molecule has 3 aromatic carbocycles. The molecule has 3 aromatic rings. The number of aliphatic hydroxyl groups is 1. The molecule has 1 aliphatic heterocycles. The number of rotatable bonds is 8. The normalized spacial score (nSPS) is 18.5. The van der Waals surface area contributed by atoms with Gasteiger partial charge in [-0.05, 0) is 54.4 Å². The van der Waals surface area contributed by atoms with Crippen molar-refractivity contribution < 1.29 is 32.6 Å². The topological polar surface area (TPSA) is 129 Å². The molecule has 0 fully saturated rings. The van der Waals surface area contributed by atoms with E-state index in [-0.39, 0.29) is 48.2 Å². The monoisotopic (exact) mass is 624 g/mol. The average molecular weight is 625 g/mol. The summed E-state index contributed by atoms with van der Waals surface area (Å²) in [6, 6.07) is 17.8. The summed E-state index contributed by atoms with van der Waals surface area (Å²) >= 11 is 0. The molecule has 12 heteroatoms. The number of urea groups is 1. The van der Waals surface area contributed by atoms with E-state index < -0.39 is 22.2 Å². The predicted octanol–water partition coefficient (Wildman–Crippen LogP) is 4.00. The van der Waals surface area contributed by atoms with Crippen molar-refractivity contribution in [2.24, 2.45) is 5.92 Å². The first-order valence-electron chi connectivity index (χ1n) is 14.3. The number of carbonyl (C=O) groups excluding carboxylic acids is 2. The van der Waals surface area contributed by atoms with Gasteiger partial charge in [-0.25, -0.2) is 13.2 Å². The van der Waals surface area contributed by atoms with E-state index in [1.807, 2.05) is 13.0 Å². The van der Waals surface area contributed by atoms with Crippen LogP contribution in [0.2, 0.25) is 0 Å². The van der Waals surface area contributed by atoms with Crippen LogP contribution in [0.4, 0.5) is 10.5 Å². The number of carbonyl (C=O) groups is 2. The smallest absolute Gasteiger partial charge is 0.321 e. The Balaban J connectivity index is 1.70. The van der Waals surface area contributed by atoms with Crippen molar-refractivity contribution in [3.8, 4) is 22.6 Å². The SMILES string of the molecule is COc1cccc(NC(=O)N(C)C[C@H]2Oc3cc(-c4cccc(C(=O)N(C)C)c4)ccc3S(=O)(=O)N([C@@H](C)CO)C[C@@H]2C)c1. The van der Waals surface area contributed by atoms with Crippen molar-refractivity contribution in [1.82, 2.24) is 14.1 Å². The van der Waals surface area contributed by atoms with Crippen LogP contribution in [0.5, 0.6) is 11.5 Å². The molecule has 4 rings (SSSR count). The van der Waals surface area contributed by atoms with E-state index in [1.54, 1.807) is 89.8 Å². The van der Waals surface area contributed by atoms with E-state index in [4.69, 9.17) is 9.47 Å². The van der Waals surface area contributed by atoms with Crippen LogP contribution in [0.3, 0.4) is 0 Å². The second kappa shape index (κ2) is 13.7. The Bertz CT molecular complexity index is 1610. The zero-order valence-corrected chi connectivity index (χ0v) is 26.7. The van der Waals surface area contributed by atoms with Crippen molar-refractivity contribution >= 4 is 27.6 Å². The van der Waals surface area contributed by atoms with Crippen LogP contribution in [0, 0.1) is 5.92 Å². The molecule has 0 aromatic heterocycles. The van der Waals surface area contributed by atoms with Crippen molar-refractivity contribution in [3.63, 3.8) is 0 Å². The summed E-state index contributed by atoms with van der Waals surface area (Å²) in [5.41, 5.74) is 2.42. The molecule has 236 valence electrons. The van der Waals surface area contributed by atoms with Crippen LogP contribution in [0.15, 0.2) is 71.6 Å². The molecule has 1 aliphatic rings. The number of hydrogen-bond donors (Lipinski definition) is 2. The quantitative estimate of drug-likeness (QED) is 0.388. The molecule has 0 saturated heterocycles. The molecular weight excluding hydrogens is 584 g/mol. The van der Waals surface area contributed by atoms with Gasteiger partial charge in [-0.2, -0.15) is 4.31 Å². The summed E-state index contributed by atoms with van der Waals surface area (Å²) in [7, 11) is 2.48. The Hall–Kier alpha value is -4.13. The number of nitrogens with one attached hydrogen (secondary N) is 1. The van der Waals surface area contributed by atoms with Crippen molar-refractivity contribution in [2.45, 2.75) is 30.9 Å². The first-order valence-corrected chi connectivity index (χ1v) is 15.7. The van der Waals surface area contributed by atoms with Gasteiger partial charge >= 0.3 is 6.03 Å². The highest BCUT2D eigenvalue weighted by molar-refractivity contribution is 7.89. The van der Waals surface area contributed by atoms with Gasteiger partial charge in [-0.15, -0.1) is 0 Å². The zero-order valence-electron chi connectivity index (χ0n) is 25.9. The fraction of sp³-hybridized carbons (Fsp3) is 0.375. The fourth-order valence-corrected chi connectivity index (χ4v) is 6.81. The molecule has 2 N–H and O–H groups in total. The minimum atomic E-state index is -4.05. The fourth-order valence-electron chi connectivity index (χ4n) is 4.99. The molecule has 44 heavy (non-hydrogen) atoms. The first kappa shape index (κ1) is 32.8. The molecule has 0 bridgehead atoms. The second-order valence-electron chi connectivity index (χ2n) is 11.2. The summed E-state index contributed by atoms with van der Waals surface area (Å²) in [6.45, 7) is 3.37. The number of fused-ring (bicyclic) bond motifs is 1. The van der Waals surface area contributed by atoms with Gasteiger partial charge in [0.05, 0.1) is 20.3 Å². The predicted molar refractivity (Wildman–Crippen MR) is 169 cm³/mol. The summed E-state index contributed by atoms with van der Waals surface area (Å²) in [6.07, 6.45) is -0.601. The van der Waals surface area contributed by atoms with Crippen LogP contribution >= 0.6 is 0 Å². The number of sulfonamides is 1. The number of hydrogen-bond acceptors (Lipinski definition) is 7. The lowest BCUT2D eigenvalue weighted by Crippen LogP contribution is -2.50. The van der Waals surface area contributed by atoms with E-state index in [0.29, 0.717) is 28.1 Å². The first-order chi connectivity index (χ1) is 20.8. The van der Waals surface area contributed by atoms with Crippen molar-refractivity contribution in [1.29, 1.82) is 0 Å². The Labute approximate surface area is 259 Å². The van der Waals surface area contributed by atoms with E-state index in [1.165, 1.54) is 20.2 Å². The van der Waals surface area contributed by atoms with Crippen LogP contribution in [-0.4, -0.2) is 99.7 Å². The third kappa shape index (κ3) is 7.15. The number of anilines is 1. The Kier molecular flexibility index (Phi) is 10.2. The van der Waals surface area contributed by atoms with Gasteiger partial charge in [-0.1, -0.05) is 31.2 Å². The maximum absolute atomic E-state index is 13.9. The molecular formula is C32H40N4O7S. The summed E-state index contributed by atoms with van der Waals surface area (Å²) in [4.78, 5) is 28.7. The lowest BCUT2D eigenvalue weighted by molar-refractivity contribution is 0.0827. The summed E-state index contributed by atoms with van der Waals surface area (Å²) < 4.78 is 40.7. The van der Waals surface area contributed by atoms with Gasteiger partial charge in [0.25, 0.3) is 5.91 Å². The zero-order chi connectivity index (χ0) is 32.2. The molecule has 1 heterocycles. The number of methoxy groups -OCH3 is 1. The number of ether oxygens (including phenoxy) is 2. The van der Waals surface area contributed by atoms with Crippen LogP contribution in [0.25, 0.3) is 11.1 Å². The van der Waals surface area contributed by atoms with E-state index in [0.717, 1.165) is 0 Å². The molecule has 11 nitrogen and oxygen atoms in total. The van der Waals surface area contributed by atoms with E-state index in [9.17, 15) is 23.1 Å². The van der Waals surface area contributed by atoms with Gasteiger partial charge in [0.2, 0.25) is 10.0 Å². The Morgan fingerprint density at radius 1 is 1.07 bits per heavy atom. The highest BCUT2D eigenvalue weighted by atomic mass is 32.2. The third-order valence-electron chi connectivity index (χ3n) is 7.64. The number of aliphatic hydroxyl groups excluding tert-OH is 1. The number of nitrogens with zero attached hydrogens (tertiary/aromatic N) is 3. The van der Waals surface area contributed by atoms with Crippen LogP contribution in [0.1, 0.15) is 24.2 Å². The maximum atomic E-state index is 13.9. The third-order valence-corrected chi connectivity index (χ3v) is 9.66. The molecule has 0 radical (unpaired) electrons. The maximum Gasteiger partial charge on any atom is 0.321 e. The lowest BCUT2D eigenvalue weighted by Gasteiger charge is -2.37. The average Bonchev–Trinajstić information content (AvgIpc) is 3.01. The Morgan fingerprint density at radius 2 is 1.77 bits per heavy atom. The largest absolute Gasteiger partial charge is 0.497 e. The molecule has 0 aliphatic carbocycles. The van der Waals surface area contributed by atoms with Crippen molar-refractivity contribution in [2.75, 3.05) is 53.3 Å². The molecule has 0 unspecified atom stereocenters. The van der Waals surface area contributed by atoms with Gasteiger partial charge < -0.3 is 29.7 Å². The number of amides is 3. The molecule has 3 amide bonds. The molecule has 3 atom stereocenters. The summed E-state index contributed by atoms with van der Waals surface area (Å²) in [5.74, 6) is 0.212. The minimum absolute atomic E-state index is 0.0394. The molecule has 0 spiro atoms. The number of likely N-dealkylation sites (N-methyl/N-ethyl adjacent to an activating group) is 1. The van der Waals surface area contributed by atoms with Gasteiger partial charge in [0, 0.05) is 57.0 Å². The second-order valence-corrected chi connectivity index (χ2v) is 13.1. The Morgan fingerprint density at radius 3 is 2.45 bits per heavy atom. The van der Waals surface area contributed by atoms with Gasteiger partial charge in [0.1, 0.15) is 22.5 Å².